The number of aromatic nitrogens is 1. The number of alkyl halides is 3. The molecule has 1 atom stereocenters. The van der Waals surface area contributed by atoms with Gasteiger partial charge in [0.2, 0.25) is 10.0 Å². The van der Waals surface area contributed by atoms with Crippen LogP contribution in [-0.2, 0) is 22.8 Å². The van der Waals surface area contributed by atoms with Gasteiger partial charge >= 0.3 is 6.18 Å². The first-order valence-electron chi connectivity index (χ1n) is 12.1. The number of thiophene rings is 1. The zero-order chi connectivity index (χ0) is 31.7. The van der Waals surface area contributed by atoms with E-state index in [0.29, 0.717) is 12.1 Å². The first-order chi connectivity index (χ1) is 20.0. The Bertz CT molecular complexity index is 1800. The normalized spacial score (nSPS) is 12.6. The summed E-state index contributed by atoms with van der Waals surface area (Å²) < 4.78 is 98.4. The molecule has 43 heavy (non-hydrogen) atoms. The van der Waals surface area contributed by atoms with Gasteiger partial charge in [-0.3, -0.25) is 9.52 Å². The van der Waals surface area contributed by atoms with Gasteiger partial charge in [-0.1, -0.05) is 11.6 Å². The van der Waals surface area contributed by atoms with Crippen LogP contribution in [0.25, 0.3) is 11.3 Å². The van der Waals surface area contributed by atoms with Gasteiger partial charge in [-0.25, -0.2) is 22.2 Å². The third kappa shape index (κ3) is 8.40. The van der Waals surface area contributed by atoms with Gasteiger partial charge < -0.3 is 15.2 Å². The van der Waals surface area contributed by atoms with E-state index in [-0.39, 0.29) is 48.7 Å². The summed E-state index contributed by atoms with van der Waals surface area (Å²) in [6.07, 6.45) is -4.16. The van der Waals surface area contributed by atoms with Crippen molar-refractivity contribution in [1.29, 1.82) is 0 Å². The number of aliphatic hydroxyl groups is 1. The highest BCUT2D eigenvalue weighted by atomic mass is 35.5. The molecule has 0 saturated heterocycles. The number of rotatable bonds is 9. The lowest BCUT2D eigenvalue weighted by Crippen LogP contribution is -2.12. The second-order valence-electron chi connectivity index (χ2n) is 9.26. The molecule has 0 aliphatic rings. The number of aliphatic hydroxyl groups excluding tert-OH is 1. The second kappa shape index (κ2) is 12.4. The number of carbonyl (C=O) groups excluding carboxylic acids is 1. The molecular weight excluding hydrogens is 641 g/mol. The molecule has 4 aromatic rings. The van der Waals surface area contributed by atoms with Gasteiger partial charge in [0.05, 0.1) is 34.7 Å². The summed E-state index contributed by atoms with van der Waals surface area (Å²) in [5, 5.41) is 13.1. The molecule has 0 saturated carbocycles. The number of nitrogens with zero attached hydrogens (tertiary/aromatic N) is 1. The third-order valence-corrected chi connectivity index (χ3v) is 7.71. The van der Waals surface area contributed by atoms with Crippen LogP contribution in [0, 0.1) is 11.6 Å². The number of amides is 1. The van der Waals surface area contributed by atoms with E-state index < -0.39 is 52.0 Å². The van der Waals surface area contributed by atoms with Crippen LogP contribution in [0.2, 0.25) is 5.02 Å². The van der Waals surface area contributed by atoms with Crippen molar-refractivity contribution in [3.05, 3.63) is 92.3 Å². The van der Waals surface area contributed by atoms with Crippen LogP contribution in [0.4, 0.5) is 33.3 Å². The van der Waals surface area contributed by atoms with E-state index in [1.807, 2.05) is 0 Å². The van der Waals surface area contributed by atoms with E-state index in [1.165, 1.54) is 31.2 Å². The standard InChI is InChI=1S/C27H21ClF5N3O5S2/c1-13(37)25-21(10-23(42-25)26(38)35-19-6-16(28)7-20(9-19)36-43(2,39)40)24-22(8-18(30)11-34-24)41-12-14-3-15(27(31,32)33)5-17(29)4-14/h3-11,13,36-37H,12H2,1-2H3,(H,35,38)/t13-/m0/s1. The number of benzene rings is 2. The minimum atomic E-state index is -4.81. The van der Waals surface area contributed by atoms with Crippen LogP contribution in [0.1, 0.15) is 38.7 Å². The van der Waals surface area contributed by atoms with Crippen LogP contribution >= 0.6 is 22.9 Å². The molecule has 2 aromatic carbocycles. The summed E-state index contributed by atoms with van der Waals surface area (Å²) in [6, 6.07) is 8.16. The van der Waals surface area contributed by atoms with Crippen LogP contribution in [0.3, 0.4) is 0 Å². The summed E-state index contributed by atoms with van der Waals surface area (Å²) in [5.74, 6) is -2.90. The highest BCUT2D eigenvalue weighted by Crippen LogP contribution is 2.40. The first kappa shape index (κ1) is 32.1. The van der Waals surface area contributed by atoms with E-state index in [9.17, 15) is 40.3 Å². The minimum Gasteiger partial charge on any atom is -0.487 e. The SMILES string of the molecule is C[C@H](O)c1sc(C(=O)Nc2cc(Cl)cc(NS(C)(=O)=O)c2)cc1-c1ncc(F)cc1OCc1cc(F)cc(C(F)(F)F)c1. The molecule has 0 aliphatic heterocycles. The molecule has 0 aliphatic carbocycles. The van der Waals surface area contributed by atoms with E-state index >= 15 is 0 Å². The van der Waals surface area contributed by atoms with Crippen LogP contribution in [-0.4, -0.2) is 30.7 Å². The fourth-order valence-electron chi connectivity index (χ4n) is 3.93. The van der Waals surface area contributed by atoms with Crippen molar-refractivity contribution in [2.24, 2.45) is 0 Å². The van der Waals surface area contributed by atoms with Gasteiger partial charge in [-0.2, -0.15) is 13.2 Å². The summed E-state index contributed by atoms with van der Waals surface area (Å²) in [4.78, 5) is 17.4. The van der Waals surface area contributed by atoms with Gasteiger partial charge in [0.1, 0.15) is 29.7 Å². The second-order valence-corrected chi connectivity index (χ2v) is 12.5. The molecule has 0 unspecified atom stereocenters. The van der Waals surface area contributed by atoms with Gasteiger partial charge in [-0.15, -0.1) is 11.3 Å². The zero-order valence-corrected chi connectivity index (χ0v) is 24.5. The summed E-state index contributed by atoms with van der Waals surface area (Å²) in [7, 11) is -3.64. The number of ether oxygens (including phenoxy) is 1. The number of sulfonamides is 1. The number of carbonyl (C=O) groups is 1. The Kier molecular flexibility index (Phi) is 9.30. The maximum Gasteiger partial charge on any atom is 0.416 e. The Labute approximate surface area is 251 Å². The molecule has 2 heterocycles. The molecule has 0 spiro atoms. The quantitative estimate of drug-likeness (QED) is 0.166. The van der Waals surface area contributed by atoms with Crippen molar-refractivity contribution >= 4 is 50.2 Å². The lowest BCUT2D eigenvalue weighted by Gasteiger charge is -2.14. The molecule has 0 radical (unpaired) electrons. The van der Waals surface area contributed by atoms with Crippen molar-refractivity contribution < 1.29 is 45.0 Å². The maximum atomic E-state index is 14.2. The van der Waals surface area contributed by atoms with Gasteiger partial charge in [0.15, 0.2) is 0 Å². The topological polar surface area (TPSA) is 118 Å². The predicted octanol–water partition coefficient (Wildman–Crippen LogP) is 7.02. The molecule has 2 aromatic heterocycles. The Hall–Kier alpha value is -3.79. The Morgan fingerprint density at radius 1 is 1.07 bits per heavy atom. The lowest BCUT2D eigenvalue weighted by molar-refractivity contribution is -0.137. The predicted molar refractivity (Wildman–Crippen MR) is 152 cm³/mol. The Morgan fingerprint density at radius 2 is 1.77 bits per heavy atom. The third-order valence-electron chi connectivity index (χ3n) is 5.58. The van der Waals surface area contributed by atoms with Crippen LogP contribution < -0.4 is 14.8 Å². The van der Waals surface area contributed by atoms with Crippen molar-refractivity contribution in [3.63, 3.8) is 0 Å². The van der Waals surface area contributed by atoms with Crippen molar-refractivity contribution in [2.45, 2.75) is 25.8 Å². The first-order valence-corrected chi connectivity index (χ1v) is 15.1. The number of anilines is 2. The van der Waals surface area contributed by atoms with Crippen LogP contribution in [0.15, 0.2) is 54.7 Å². The molecular formula is C27H21ClF5N3O5S2. The Morgan fingerprint density at radius 3 is 2.42 bits per heavy atom. The molecule has 3 N–H and O–H groups in total. The molecule has 8 nitrogen and oxygen atoms in total. The molecule has 0 bridgehead atoms. The average Bonchev–Trinajstić information content (AvgIpc) is 3.31. The molecule has 228 valence electrons. The largest absolute Gasteiger partial charge is 0.487 e. The van der Waals surface area contributed by atoms with Crippen molar-refractivity contribution in [3.8, 4) is 17.0 Å². The van der Waals surface area contributed by atoms with Crippen molar-refractivity contribution in [1.82, 2.24) is 4.98 Å². The monoisotopic (exact) mass is 661 g/mol. The molecule has 0 fully saturated rings. The van der Waals surface area contributed by atoms with E-state index in [0.717, 1.165) is 35.9 Å². The molecule has 1 amide bonds. The number of nitrogens with one attached hydrogen (secondary N) is 2. The van der Waals surface area contributed by atoms with Gasteiger partial charge in [0.25, 0.3) is 5.91 Å². The summed E-state index contributed by atoms with van der Waals surface area (Å²) in [5.41, 5.74) is -1.04. The summed E-state index contributed by atoms with van der Waals surface area (Å²) in [6.45, 7) is 0.825. The lowest BCUT2D eigenvalue weighted by atomic mass is 10.1. The minimum absolute atomic E-state index is 0.0394. The van der Waals surface area contributed by atoms with E-state index in [2.05, 4.69) is 15.0 Å². The van der Waals surface area contributed by atoms with Gasteiger partial charge in [0, 0.05) is 27.2 Å². The Balaban J connectivity index is 1.65. The smallest absolute Gasteiger partial charge is 0.416 e. The number of halogens is 6. The number of hydrogen-bond donors (Lipinski definition) is 3. The fourth-order valence-corrected chi connectivity index (χ4v) is 5.71. The van der Waals surface area contributed by atoms with E-state index in [4.69, 9.17) is 16.3 Å². The zero-order valence-electron chi connectivity index (χ0n) is 22.1. The number of hydrogen-bond acceptors (Lipinski definition) is 7. The highest BCUT2D eigenvalue weighted by molar-refractivity contribution is 7.92. The van der Waals surface area contributed by atoms with E-state index in [1.54, 1.807) is 0 Å². The fraction of sp³-hybridized carbons (Fsp3) is 0.185. The van der Waals surface area contributed by atoms with Crippen LogP contribution in [0.5, 0.6) is 5.75 Å². The maximum absolute atomic E-state index is 14.2. The molecule has 4 rings (SSSR count). The highest BCUT2D eigenvalue weighted by Gasteiger charge is 2.31. The van der Waals surface area contributed by atoms with Gasteiger partial charge in [-0.05, 0) is 55.0 Å². The molecule has 16 heteroatoms. The average molecular weight is 662 g/mol. The number of pyridine rings is 1. The van der Waals surface area contributed by atoms with Crippen molar-refractivity contribution in [2.75, 3.05) is 16.3 Å². The summed E-state index contributed by atoms with van der Waals surface area (Å²) >= 11 is 6.93.